The van der Waals surface area contributed by atoms with Crippen molar-refractivity contribution in [2.24, 2.45) is 5.92 Å². The van der Waals surface area contributed by atoms with Gasteiger partial charge in [-0.3, -0.25) is 4.79 Å². The fourth-order valence-electron chi connectivity index (χ4n) is 0.788. The average Bonchev–Trinajstić information content (AvgIpc) is 2.49. The Labute approximate surface area is 85.9 Å². The van der Waals surface area contributed by atoms with Crippen molar-refractivity contribution in [3.63, 3.8) is 0 Å². The van der Waals surface area contributed by atoms with Crippen molar-refractivity contribution in [3.05, 3.63) is 5.89 Å². The van der Waals surface area contributed by atoms with Gasteiger partial charge in [0.2, 0.25) is 5.89 Å². The summed E-state index contributed by atoms with van der Waals surface area (Å²) in [6, 6.07) is 0. The number of aromatic nitrogens is 2. The van der Waals surface area contributed by atoms with Crippen molar-refractivity contribution >= 4 is 17.7 Å². The molecule has 78 valence electrons. The number of rotatable bonds is 4. The molecule has 1 aromatic rings. The van der Waals surface area contributed by atoms with E-state index in [0.717, 1.165) is 0 Å². The van der Waals surface area contributed by atoms with E-state index in [-0.39, 0.29) is 5.25 Å². The molecule has 2 atom stereocenters. The maximum Gasteiger partial charge on any atom is 0.307 e. The van der Waals surface area contributed by atoms with Crippen LogP contribution < -0.4 is 0 Å². The van der Waals surface area contributed by atoms with Gasteiger partial charge in [0, 0.05) is 12.2 Å². The molecular formula is C8H12N2O3S. The lowest BCUT2D eigenvalue weighted by molar-refractivity contribution is -0.140. The molecule has 1 aromatic heterocycles. The largest absolute Gasteiger partial charge is 0.481 e. The van der Waals surface area contributed by atoms with Crippen molar-refractivity contribution < 1.29 is 14.3 Å². The van der Waals surface area contributed by atoms with Crippen LogP contribution in [0.3, 0.4) is 0 Å². The lowest BCUT2D eigenvalue weighted by atomic mass is 10.1. The number of thioether (sulfide) groups is 1. The van der Waals surface area contributed by atoms with Gasteiger partial charge in [0.25, 0.3) is 5.22 Å². The Bertz CT molecular complexity index is 326. The predicted molar refractivity (Wildman–Crippen MR) is 51.2 cm³/mol. The van der Waals surface area contributed by atoms with Gasteiger partial charge in [-0.05, 0) is 0 Å². The number of carboxylic acids is 1. The number of carbonyl (C=O) groups is 1. The van der Waals surface area contributed by atoms with Crippen LogP contribution in [0, 0.1) is 12.8 Å². The average molecular weight is 216 g/mol. The van der Waals surface area contributed by atoms with E-state index < -0.39 is 11.9 Å². The number of hydrogen-bond acceptors (Lipinski definition) is 5. The molecule has 5 nitrogen and oxygen atoms in total. The number of hydrogen-bond donors (Lipinski definition) is 1. The second-order valence-corrected chi connectivity index (χ2v) is 4.37. The molecule has 1 heterocycles. The molecular weight excluding hydrogens is 204 g/mol. The summed E-state index contributed by atoms with van der Waals surface area (Å²) in [5.41, 5.74) is 0. The van der Waals surface area contributed by atoms with E-state index in [1.807, 2.05) is 6.92 Å². The third kappa shape index (κ3) is 2.73. The van der Waals surface area contributed by atoms with Crippen LogP contribution in [0.15, 0.2) is 9.64 Å². The van der Waals surface area contributed by atoms with Gasteiger partial charge in [0.1, 0.15) is 0 Å². The van der Waals surface area contributed by atoms with Gasteiger partial charge in [0.15, 0.2) is 0 Å². The van der Waals surface area contributed by atoms with E-state index in [1.54, 1.807) is 13.8 Å². The van der Waals surface area contributed by atoms with E-state index >= 15 is 0 Å². The van der Waals surface area contributed by atoms with Crippen molar-refractivity contribution in [2.75, 3.05) is 0 Å². The van der Waals surface area contributed by atoms with Crippen LogP contribution >= 0.6 is 11.8 Å². The second kappa shape index (κ2) is 4.45. The number of nitrogens with zero attached hydrogens (tertiary/aromatic N) is 2. The van der Waals surface area contributed by atoms with Crippen LogP contribution in [0.4, 0.5) is 0 Å². The topological polar surface area (TPSA) is 76.2 Å². The molecule has 0 fully saturated rings. The fraction of sp³-hybridized carbons (Fsp3) is 0.625. The molecule has 0 spiro atoms. The van der Waals surface area contributed by atoms with Crippen molar-refractivity contribution in [1.82, 2.24) is 10.2 Å². The van der Waals surface area contributed by atoms with Crippen LogP contribution in [-0.4, -0.2) is 26.5 Å². The lowest BCUT2D eigenvalue weighted by Gasteiger charge is -2.12. The number of aryl methyl sites for hydroxylation is 1. The first-order valence-electron chi connectivity index (χ1n) is 4.20. The van der Waals surface area contributed by atoms with Crippen molar-refractivity contribution in [3.8, 4) is 0 Å². The number of aliphatic carboxylic acids is 1. The Hall–Kier alpha value is -1.04. The Morgan fingerprint density at radius 2 is 2.14 bits per heavy atom. The summed E-state index contributed by atoms with van der Waals surface area (Å²) < 4.78 is 5.13. The highest BCUT2D eigenvalue weighted by Gasteiger charge is 2.22. The van der Waals surface area contributed by atoms with Gasteiger partial charge in [-0.1, -0.05) is 25.6 Å². The zero-order valence-corrected chi connectivity index (χ0v) is 9.04. The molecule has 0 aliphatic rings. The summed E-state index contributed by atoms with van der Waals surface area (Å²) in [4.78, 5) is 10.7. The zero-order valence-electron chi connectivity index (χ0n) is 8.22. The lowest BCUT2D eigenvalue weighted by Crippen LogP contribution is -2.19. The summed E-state index contributed by atoms with van der Waals surface area (Å²) in [6.07, 6.45) is 0. The molecule has 1 rings (SSSR count). The van der Waals surface area contributed by atoms with Crippen molar-refractivity contribution in [2.45, 2.75) is 31.2 Å². The normalized spacial score (nSPS) is 15.1. The van der Waals surface area contributed by atoms with Gasteiger partial charge in [0.05, 0.1) is 5.92 Å². The van der Waals surface area contributed by atoms with E-state index in [0.29, 0.717) is 11.1 Å². The summed E-state index contributed by atoms with van der Waals surface area (Å²) >= 11 is 1.28. The summed E-state index contributed by atoms with van der Waals surface area (Å²) in [5.74, 6) is -0.767. The highest BCUT2D eigenvalue weighted by molar-refractivity contribution is 7.99. The Kier molecular flexibility index (Phi) is 3.51. The monoisotopic (exact) mass is 216 g/mol. The van der Waals surface area contributed by atoms with Gasteiger partial charge in [-0.2, -0.15) is 0 Å². The number of carboxylic acid groups (broad SMARTS) is 1. The van der Waals surface area contributed by atoms with E-state index in [4.69, 9.17) is 9.52 Å². The SMILES string of the molecule is Cc1nnc(SC(C)C(C)C(=O)O)o1. The van der Waals surface area contributed by atoms with Gasteiger partial charge in [-0.15, -0.1) is 10.2 Å². The first kappa shape index (κ1) is 11.0. The van der Waals surface area contributed by atoms with Crippen LogP contribution in [-0.2, 0) is 4.79 Å². The molecule has 2 unspecified atom stereocenters. The first-order valence-corrected chi connectivity index (χ1v) is 5.08. The van der Waals surface area contributed by atoms with Crippen LogP contribution in [0.5, 0.6) is 0 Å². The Balaban J connectivity index is 2.56. The van der Waals surface area contributed by atoms with Gasteiger partial charge < -0.3 is 9.52 Å². The highest BCUT2D eigenvalue weighted by Crippen LogP contribution is 2.26. The quantitative estimate of drug-likeness (QED) is 0.770. The molecule has 0 amide bonds. The van der Waals surface area contributed by atoms with Crippen molar-refractivity contribution in [1.29, 1.82) is 0 Å². The molecule has 14 heavy (non-hydrogen) atoms. The minimum atomic E-state index is -0.818. The fourth-order valence-corrected chi connectivity index (χ4v) is 1.68. The first-order chi connectivity index (χ1) is 6.50. The van der Waals surface area contributed by atoms with Gasteiger partial charge in [-0.25, -0.2) is 0 Å². The maximum absolute atomic E-state index is 10.7. The van der Waals surface area contributed by atoms with Crippen LogP contribution in [0.2, 0.25) is 0 Å². The van der Waals surface area contributed by atoms with E-state index in [9.17, 15) is 4.79 Å². The molecule has 0 bridgehead atoms. The predicted octanol–water partition coefficient (Wildman–Crippen LogP) is 1.58. The molecule has 0 saturated carbocycles. The molecule has 0 saturated heterocycles. The smallest absolute Gasteiger partial charge is 0.307 e. The second-order valence-electron chi connectivity index (χ2n) is 3.04. The summed E-state index contributed by atoms with van der Waals surface area (Å²) in [7, 11) is 0. The third-order valence-corrected chi connectivity index (χ3v) is 3.03. The van der Waals surface area contributed by atoms with Gasteiger partial charge >= 0.3 is 5.97 Å². The van der Waals surface area contributed by atoms with Crippen LogP contribution in [0.25, 0.3) is 0 Å². The third-order valence-electron chi connectivity index (χ3n) is 1.89. The molecule has 1 N–H and O–H groups in total. The van der Waals surface area contributed by atoms with E-state index in [2.05, 4.69) is 10.2 Å². The molecule has 0 aromatic carbocycles. The molecule has 0 aliphatic carbocycles. The minimum Gasteiger partial charge on any atom is -0.481 e. The molecule has 6 heteroatoms. The zero-order chi connectivity index (χ0) is 10.7. The highest BCUT2D eigenvalue weighted by atomic mass is 32.2. The maximum atomic E-state index is 10.7. The standard InChI is InChI=1S/C8H12N2O3S/c1-4(7(11)12)5(2)14-8-10-9-6(3)13-8/h4-5H,1-3H3,(H,11,12). The summed E-state index contributed by atoms with van der Waals surface area (Å²) in [5, 5.41) is 16.5. The molecule has 0 radical (unpaired) electrons. The molecule has 0 aliphatic heterocycles. The van der Waals surface area contributed by atoms with E-state index in [1.165, 1.54) is 11.8 Å². The Morgan fingerprint density at radius 3 is 2.57 bits per heavy atom. The summed E-state index contributed by atoms with van der Waals surface area (Å²) in [6.45, 7) is 5.18. The minimum absolute atomic E-state index is 0.0904. The van der Waals surface area contributed by atoms with Crippen LogP contribution in [0.1, 0.15) is 19.7 Å². The Morgan fingerprint density at radius 1 is 1.50 bits per heavy atom.